The Morgan fingerprint density at radius 3 is 2.33 bits per heavy atom. The maximum atomic E-state index is 11.4. The van der Waals surface area contributed by atoms with Crippen LogP contribution in [0.3, 0.4) is 0 Å². The lowest BCUT2D eigenvalue weighted by molar-refractivity contribution is 0.147. The highest BCUT2D eigenvalue weighted by Crippen LogP contribution is 2.23. The van der Waals surface area contributed by atoms with Crippen molar-refractivity contribution >= 4 is 9.84 Å². The topological polar surface area (TPSA) is 66.4 Å². The fourth-order valence-corrected chi connectivity index (χ4v) is 3.81. The number of aliphatic hydroxyl groups is 1. The SMILES string of the molecule is O=S1(=O)CCC(CO)(NCc2ccccc2)CC1. The second-order valence-electron chi connectivity index (χ2n) is 4.93. The first-order valence-corrected chi connectivity index (χ1v) is 7.98. The first-order valence-electron chi connectivity index (χ1n) is 6.16. The normalized spacial score (nSPS) is 21.6. The number of benzene rings is 1. The molecule has 2 rings (SSSR count). The summed E-state index contributed by atoms with van der Waals surface area (Å²) in [6, 6.07) is 9.91. The second-order valence-corrected chi connectivity index (χ2v) is 7.23. The summed E-state index contributed by atoms with van der Waals surface area (Å²) >= 11 is 0. The zero-order valence-electron chi connectivity index (χ0n) is 10.3. The highest BCUT2D eigenvalue weighted by molar-refractivity contribution is 7.91. The van der Waals surface area contributed by atoms with Crippen molar-refractivity contribution in [2.24, 2.45) is 0 Å². The van der Waals surface area contributed by atoms with Gasteiger partial charge in [-0.25, -0.2) is 8.42 Å². The molecule has 0 aromatic heterocycles. The van der Waals surface area contributed by atoms with Crippen LogP contribution in [0.4, 0.5) is 0 Å². The molecule has 18 heavy (non-hydrogen) atoms. The molecule has 0 spiro atoms. The Hall–Kier alpha value is -0.910. The van der Waals surface area contributed by atoms with Crippen molar-refractivity contribution in [2.75, 3.05) is 18.1 Å². The first kappa shape index (κ1) is 13.5. The predicted molar refractivity (Wildman–Crippen MR) is 71.0 cm³/mol. The average molecular weight is 269 g/mol. The maximum absolute atomic E-state index is 11.4. The lowest BCUT2D eigenvalue weighted by Gasteiger charge is -2.36. The lowest BCUT2D eigenvalue weighted by Crippen LogP contribution is -2.53. The van der Waals surface area contributed by atoms with Crippen LogP contribution in [-0.4, -0.2) is 37.2 Å². The van der Waals surface area contributed by atoms with Crippen LogP contribution in [0.2, 0.25) is 0 Å². The molecule has 5 heteroatoms. The summed E-state index contributed by atoms with van der Waals surface area (Å²) in [6.45, 7) is 0.636. The van der Waals surface area contributed by atoms with Crippen LogP contribution in [0.15, 0.2) is 30.3 Å². The third-order valence-electron chi connectivity index (χ3n) is 3.60. The molecule has 0 radical (unpaired) electrons. The molecular weight excluding hydrogens is 250 g/mol. The minimum Gasteiger partial charge on any atom is -0.394 e. The van der Waals surface area contributed by atoms with E-state index in [4.69, 9.17) is 0 Å². The van der Waals surface area contributed by atoms with Gasteiger partial charge in [0.05, 0.1) is 18.1 Å². The van der Waals surface area contributed by atoms with E-state index in [-0.39, 0.29) is 18.1 Å². The molecule has 1 aromatic carbocycles. The number of sulfone groups is 1. The molecule has 1 heterocycles. The summed E-state index contributed by atoms with van der Waals surface area (Å²) in [5.74, 6) is 0.324. The van der Waals surface area contributed by atoms with Crippen LogP contribution in [0, 0.1) is 0 Å². The Balaban J connectivity index is 1.98. The van der Waals surface area contributed by atoms with Gasteiger partial charge in [0.15, 0.2) is 0 Å². The molecule has 0 amide bonds. The van der Waals surface area contributed by atoms with Gasteiger partial charge in [-0.15, -0.1) is 0 Å². The Labute approximate surface area is 108 Å². The van der Waals surface area contributed by atoms with Crippen molar-refractivity contribution in [3.8, 4) is 0 Å². The molecule has 0 unspecified atom stereocenters. The van der Waals surface area contributed by atoms with Gasteiger partial charge in [0.25, 0.3) is 0 Å². The highest BCUT2D eigenvalue weighted by atomic mass is 32.2. The van der Waals surface area contributed by atoms with Gasteiger partial charge in [-0.1, -0.05) is 30.3 Å². The number of nitrogens with one attached hydrogen (secondary N) is 1. The van der Waals surface area contributed by atoms with Gasteiger partial charge in [-0.05, 0) is 18.4 Å². The van der Waals surface area contributed by atoms with Crippen LogP contribution in [0.25, 0.3) is 0 Å². The van der Waals surface area contributed by atoms with Crippen molar-refractivity contribution in [3.05, 3.63) is 35.9 Å². The van der Waals surface area contributed by atoms with Crippen molar-refractivity contribution < 1.29 is 13.5 Å². The van der Waals surface area contributed by atoms with Gasteiger partial charge in [-0.2, -0.15) is 0 Å². The van der Waals surface area contributed by atoms with Crippen LogP contribution < -0.4 is 5.32 Å². The number of hydrogen-bond acceptors (Lipinski definition) is 4. The molecule has 1 saturated heterocycles. The van der Waals surface area contributed by atoms with Crippen molar-refractivity contribution in [2.45, 2.75) is 24.9 Å². The van der Waals surface area contributed by atoms with E-state index in [1.54, 1.807) is 0 Å². The van der Waals surface area contributed by atoms with E-state index in [1.807, 2.05) is 30.3 Å². The molecule has 0 saturated carbocycles. The minimum atomic E-state index is -2.90. The highest BCUT2D eigenvalue weighted by Gasteiger charge is 2.36. The molecule has 1 aromatic rings. The van der Waals surface area contributed by atoms with Gasteiger partial charge in [-0.3, -0.25) is 0 Å². The van der Waals surface area contributed by atoms with E-state index in [0.717, 1.165) is 5.56 Å². The Morgan fingerprint density at radius 2 is 1.78 bits per heavy atom. The summed E-state index contributed by atoms with van der Waals surface area (Å²) in [4.78, 5) is 0. The van der Waals surface area contributed by atoms with E-state index in [2.05, 4.69) is 5.32 Å². The lowest BCUT2D eigenvalue weighted by atomic mass is 9.93. The molecule has 0 atom stereocenters. The Bertz CT molecular complexity index is 470. The molecule has 2 N–H and O–H groups in total. The standard InChI is InChI=1S/C13H19NO3S/c15-11-13(6-8-18(16,17)9-7-13)14-10-12-4-2-1-3-5-12/h1-5,14-15H,6-11H2. The van der Waals surface area contributed by atoms with Crippen LogP contribution in [0.1, 0.15) is 18.4 Å². The summed E-state index contributed by atoms with van der Waals surface area (Å²) < 4.78 is 22.8. The zero-order chi connectivity index (χ0) is 13.1. The van der Waals surface area contributed by atoms with Gasteiger partial charge in [0.2, 0.25) is 0 Å². The van der Waals surface area contributed by atoms with Gasteiger partial charge >= 0.3 is 0 Å². The molecule has 100 valence electrons. The third kappa shape index (κ3) is 3.31. The molecule has 0 aliphatic carbocycles. The van der Waals surface area contributed by atoms with Crippen LogP contribution >= 0.6 is 0 Å². The molecule has 1 aliphatic rings. The molecule has 0 bridgehead atoms. The molecule has 1 aliphatic heterocycles. The summed E-state index contributed by atoms with van der Waals surface area (Å²) in [5, 5.41) is 12.9. The summed E-state index contributed by atoms with van der Waals surface area (Å²) in [6.07, 6.45) is 0.970. The fourth-order valence-electron chi connectivity index (χ4n) is 2.21. The quantitative estimate of drug-likeness (QED) is 0.845. The third-order valence-corrected chi connectivity index (χ3v) is 5.25. The largest absolute Gasteiger partial charge is 0.394 e. The number of hydrogen-bond donors (Lipinski definition) is 2. The fraction of sp³-hybridized carbons (Fsp3) is 0.538. The van der Waals surface area contributed by atoms with E-state index < -0.39 is 15.4 Å². The molecule has 1 fully saturated rings. The van der Waals surface area contributed by atoms with E-state index in [1.165, 1.54) is 0 Å². The van der Waals surface area contributed by atoms with Crippen molar-refractivity contribution in [1.29, 1.82) is 0 Å². The molecular formula is C13H19NO3S. The van der Waals surface area contributed by atoms with E-state index >= 15 is 0 Å². The van der Waals surface area contributed by atoms with Gasteiger partial charge in [0.1, 0.15) is 9.84 Å². The van der Waals surface area contributed by atoms with Crippen molar-refractivity contribution in [1.82, 2.24) is 5.32 Å². The van der Waals surface area contributed by atoms with E-state index in [9.17, 15) is 13.5 Å². The molecule has 4 nitrogen and oxygen atoms in total. The van der Waals surface area contributed by atoms with Crippen LogP contribution in [0.5, 0.6) is 0 Å². The summed E-state index contributed by atoms with van der Waals surface area (Å²) in [7, 11) is -2.90. The number of rotatable bonds is 4. The first-order chi connectivity index (χ1) is 8.55. The maximum Gasteiger partial charge on any atom is 0.150 e. The average Bonchev–Trinajstić information content (AvgIpc) is 2.40. The predicted octanol–water partition coefficient (Wildman–Crippen LogP) is 0.716. The number of aliphatic hydroxyl groups excluding tert-OH is 1. The zero-order valence-corrected chi connectivity index (χ0v) is 11.1. The van der Waals surface area contributed by atoms with Gasteiger partial charge in [0, 0.05) is 12.1 Å². The van der Waals surface area contributed by atoms with E-state index in [0.29, 0.717) is 19.4 Å². The summed E-state index contributed by atoms with van der Waals surface area (Å²) in [5.41, 5.74) is 0.694. The van der Waals surface area contributed by atoms with Gasteiger partial charge < -0.3 is 10.4 Å². The van der Waals surface area contributed by atoms with Crippen LogP contribution in [-0.2, 0) is 16.4 Å². The second kappa shape index (κ2) is 5.38. The Morgan fingerprint density at radius 1 is 1.17 bits per heavy atom. The van der Waals surface area contributed by atoms with Crippen molar-refractivity contribution in [3.63, 3.8) is 0 Å². The Kier molecular flexibility index (Phi) is 4.04. The minimum absolute atomic E-state index is 0.0185. The smallest absolute Gasteiger partial charge is 0.150 e. The monoisotopic (exact) mass is 269 g/mol.